The average molecular weight is 406 g/mol. The van der Waals surface area contributed by atoms with Crippen LogP contribution in [-0.4, -0.2) is 32.4 Å². The minimum absolute atomic E-state index is 0. The summed E-state index contributed by atoms with van der Waals surface area (Å²) < 4.78 is 17.4. The SMILES string of the molecule is COC1=C(OC)C(OC)C2=c3nc(N)sc3=CC2=C1.I. The number of nitrogens with zero attached hydrogens (tertiary/aromatic N) is 1. The molecule has 1 heterocycles. The molecule has 0 amide bonds. The van der Waals surface area contributed by atoms with Gasteiger partial charge in [-0.25, -0.2) is 4.98 Å². The van der Waals surface area contributed by atoms with Crippen molar-refractivity contribution in [3.63, 3.8) is 0 Å². The maximum absolute atomic E-state index is 5.76. The zero-order chi connectivity index (χ0) is 13.6. The van der Waals surface area contributed by atoms with Crippen molar-refractivity contribution in [3.8, 4) is 0 Å². The summed E-state index contributed by atoms with van der Waals surface area (Å²) in [7, 11) is 4.86. The van der Waals surface area contributed by atoms with Gasteiger partial charge in [0.25, 0.3) is 0 Å². The first-order chi connectivity index (χ1) is 9.19. The van der Waals surface area contributed by atoms with Gasteiger partial charge in [0.05, 0.1) is 24.1 Å². The molecular formula is C13H15IN2O3S. The molecule has 0 bridgehead atoms. The molecule has 2 aliphatic carbocycles. The number of halogens is 1. The number of rotatable bonds is 3. The van der Waals surface area contributed by atoms with Crippen LogP contribution < -0.4 is 15.6 Å². The fourth-order valence-electron chi connectivity index (χ4n) is 2.46. The molecule has 0 saturated carbocycles. The van der Waals surface area contributed by atoms with Crippen LogP contribution in [0.1, 0.15) is 0 Å². The van der Waals surface area contributed by atoms with Gasteiger partial charge >= 0.3 is 0 Å². The number of methoxy groups -OCH3 is 3. The molecule has 0 aromatic carbocycles. The van der Waals surface area contributed by atoms with E-state index in [1.165, 1.54) is 11.3 Å². The molecular weight excluding hydrogens is 391 g/mol. The number of nitrogen functional groups attached to an aromatic ring is 1. The summed E-state index contributed by atoms with van der Waals surface area (Å²) >= 11 is 1.47. The van der Waals surface area contributed by atoms with Crippen LogP contribution in [0.2, 0.25) is 0 Å². The van der Waals surface area contributed by atoms with Crippen LogP contribution in [0.5, 0.6) is 0 Å². The molecule has 7 heteroatoms. The van der Waals surface area contributed by atoms with Crippen LogP contribution in [0, 0.1) is 0 Å². The molecule has 0 saturated heterocycles. The highest BCUT2D eigenvalue weighted by molar-refractivity contribution is 14.0. The van der Waals surface area contributed by atoms with E-state index in [9.17, 15) is 0 Å². The van der Waals surface area contributed by atoms with Gasteiger partial charge in [-0.3, -0.25) is 0 Å². The summed E-state index contributed by atoms with van der Waals surface area (Å²) in [6, 6.07) is 0. The smallest absolute Gasteiger partial charge is 0.181 e. The number of nitrogens with two attached hydrogens (primary N) is 1. The van der Waals surface area contributed by atoms with Gasteiger partial charge < -0.3 is 19.9 Å². The molecule has 0 spiro atoms. The van der Waals surface area contributed by atoms with Gasteiger partial charge in [-0.2, -0.15) is 0 Å². The van der Waals surface area contributed by atoms with Crippen molar-refractivity contribution < 1.29 is 14.2 Å². The highest BCUT2D eigenvalue weighted by Crippen LogP contribution is 2.34. The summed E-state index contributed by atoms with van der Waals surface area (Å²) in [6.45, 7) is 0. The molecule has 2 aliphatic rings. The number of hydrogen-bond acceptors (Lipinski definition) is 6. The second-order valence-corrected chi connectivity index (χ2v) is 5.24. The molecule has 1 atom stereocenters. The minimum atomic E-state index is -0.320. The van der Waals surface area contributed by atoms with Crippen molar-refractivity contribution in [2.24, 2.45) is 0 Å². The Hall–Kier alpha value is -1.06. The number of anilines is 1. The molecule has 2 N–H and O–H groups in total. The zero-order valence-corrected chi connectivity index (χ0v) is 14.4. The highest BCUT2D eigenvalue weighted by atomic mass is 127. The van der Waals surface area contributed by atoms with Crippen LogP contribution in [0.15, 0.2) is 23.2 Å². The number of fused-ring (bicyclic) bond motifs is 2. The summed E-state index contributed by atoms with van der Waals surface area (Å²) in [6.07, 6.45) is 3.67. The third kappa shape index (κ3) is 2.13. The highest BCUT2D eigenvalue weighted by Gasteiger charge is 2.33. The van der Waals surface area contributed by atoms with Crippen LogP contribution in [-0.2, 0) is 14.2 Å². The van der Waals surface area contributed by atoms with Gasteiger partial charge in [0.1, 0.15) is 6.10 Å². The lowest BCUT2D eigenvalue weighted by molar-refractivity contribution is 0.101. The van der Waals surface area contributed by atoms with Gasteiger partial charge in [-0.1, -0.05) is 11.3 Å². The molecule has 5 nitrogen and oxygen atoms in total. The molecule has 108 valence electrons. The average Bonchev–Trinajstić information content (AvgIpc) is 2.91. The monoisotopic (exact) mass is 406 g/mol. The summed E-state index contributed by atoms with van der Waals surface area (Å²) in [4.78, 5) is 4.38. The fraction of sp³-hybridized carbons (Fsp3) is 0.308. The quantitative estimate of drug-likeness (QED) is 0.751. The van der Waals surface area contributed by atoms with Crippen molar-refractivity contribution in [3.05, 3.63) is 33.0 Å². The van der Waals surface area contributed by atoms with Crippen LogP contribution in [0.3, 0.4) is 0 Å². The van der Waals surface area contributed by atoms with Crippen molar-refractivity contribution in [2.75, 3.05) is 27.1 Å². The maximum atomic E-state index is 5.76. The largest absolute Gasteiger partial charge is 0.494 e. The predicted octanol–water partition coefficient (Wildman–Crippen LogP) is 0.747. The first-order valence-corrected chi connectivity index (χ1v) is 6.56. The first-order valence-electron chi connectivity index (χ1n) is 5.74. The number of thiazole rings is 1. The topological polar surface area (TPSA) is 66.6 Å². The van der Waals surface area contributed by atoms with E-state index in [0.717, 1.165) is 21.0 Å². The Balaban J connectivity index is 0.00000147. The summed E-state index contributed by atoms with van der Waals surface area (Å²) in [5.41, 5.74) is 7.79. The molecule has 1 aromatic rings. The Morgan fingerprint density at radius 1 is 1.20 bits per heavy atom. The first kappa shape index (κ1) is 15.3. The Labute approximate surface area is 137 Å². The number of ether oxygens (including phenoxy) is 3. The van der Waals surface area contributed by atoms with Crippen molar-refractivity contribution in [1.29, 1.82) is 0 Å². The van der Waals surface area contributed by atoms with E-state index in [1.807, 2.05) is 6.08 Å². The lowest BCUT2D eigenvalue weighted by Crippen LogP contribution is -2.30. The van der Waals surface area contributed by atoms with Crippen LogP contribution in [0.4, 0.5) is 5.13 Å². The van der Waals surface area contributed by atoms with Crippen molar-refractivity contribution >= 4 is 52.1 Å². The van der Waals surface area contributed by atoms with Gasteiger partial charge in [0.2, 0.25) is 0 Å². The third-order valence-corrected chi connectivity index (χ3v) is 4.06. The molecule has 20 heavy (non-hydrogen) atoms. The lowest BCUT2D eigenvalue weighted by atomic mass is 9.95. The normalized spacial score (nSPS) is 19.6. The Kier molecular flexibility index (Phi) is 4.40. The molecule has 1 unspecified atom stereocenters. The molecule has 3 rings (SSSR count). The lowest BCUT2D eigenvalue weighted by Gasteiger charge is -2.25. The van der Waals surface area contributed by atoms with E-state index < -0.39 is 0 Å². The Morgan fingerprint density at radius 3 is 2.55 bits per heavy atom. The van der Waals surface area contributed by atoms with Gasteiger partial charge in [-0.05, 0) is 17.7 Å². The van der Waals surface area contributed by atoms with Crippen LogP contribution >= 0.6 is 35.3 Å². The second-order valence-electron chi connectivity index (χ2n) is 4.18. The Morgan fingerprint density at radius 2 is 1.95 bits per heavy atom. The van der Waals surface area contributed by atoms with Crippen LogP contribution in [0.25, 0.3) is 11.6 Å². The number of hydrogen-bond donors (Lipinski definition) is 1. The summed E-state index contributed by atoms with van der Waals surface area (Å²) in [5.74, 6) is 1.32. The standard InChI is InChI=1S/C13H14N2O3S.HI/c1-16-7-4-6-5-8-10(15-13(14)19-8)9(6)12(18-3)11(7)17-2;/h4-5,12H,1-3H3,(H2,14,15);1H. The van der Waals surface area contributed by atoms with Gasteiger partial charge in [0, 0.05) is 12.7 Å². The number of allylic oxidation sites excluding steroid dienone is 1. The molecule has 0 radical (unpaired) electrons. The van der Waals surface area contributed by atoms with Crippen molar-refractivity contribution in [1.82, 2.24) is 4.98 Å². The second kappa shape index (κ2) is 5.74. The van der Waals surface area contributed by atoms with E-state index in [4.69, 9.17) is 19.9 Å². The molecule has 0 aliphatic heterocycles. The van der Waals surface area contributed by atoms with E-state index in [2.05, 4.69) is 11.1 Å². The van der Waals surface area contributed by atoms with Gasteiger partial charge in [0.15, 0.2) is 16.6 Å². The van der Waals surface area contributed by atoms with E-state index in [0.29, 0.717) is 16.6 Å². The predicted molar refractivity (Wildman–Crippen MR) is 89.0 cm³/mol. The molecule has 0 fully saturated rings. The fourth-order valence-corrected chi connectivity index (χ4v) is 3.26. The van der Waals surface area contributed by atoms with Crippen molar-refractivity contribution in [2.45, 2.75) is 6.10 Å². The van der Waals surface area contributed by atoms with Gasteiger partial charge in [-0.15, -0.1) is 24.0 Å². The Bertz CT molecular complexity index is 720. The number of aromatic nitrogens is 1. The van der Waals surface area contributed by atoms with E-state index >= 15 is 0 Å². The maximum Gasteiger partial charge on any atom is 0.181 e. The minimum Gasteiger partial charge on any atom is -0.494 e. The summed E-state index contributed by atoms with van der Waals surface area (Å²) in [5, 5.41) is 1.44. The molecule has 1 aromatic heterocycles. The third-order valence-electron chi connectivity index (χ3n) is 3.23. The van der Waals surface area contributed by atoms with E-state index in [-0.39, 0.29) is 30.1 Å². The van der Waals surface area contributed by atoms with E-state index in [1.54, 1.807) is 21.3 Å². The zero-order valence-electron chi connectivity index (χ0n) is 11.3.